The average Bonchev–Trinajstić information content (AvgIpc) is 2.64. The van der Waals surface area contributed by atoms with Gasteiger partial charge < -0.3 is 10.2 Å². The number of benzene rings is 1. The molecule has 1 saturated carbocycles. The highest BCUT2D eigenvalue weighted by Crippen LogP contribution is 2.33. The van der Waals surface area contributed by atoms with Gasteiger partial charge in [-0.05, 0) is 70.6 Å². The van der Waals surface area contributed by atoms with Gasteiger partial charge in [-0.2, -0.15) is 13.2 Å². The first kappa shape index (κ1) is 25.5. The van der Waals surface area contributed by atoms with Crippen LogP contribution >= 0.6 is 0 Å². The van der Waals surface area contributed by atoms with Gasteiger partial charge in [-0.3, -0.25) is 4.79 Å². The summed E-state index contributed by atoms with van der Waals surface area (Å²) in [5.74, 6) is -0.293. The third-order valence-corrected chi connectivity index (χ3v) is 7.74. The van der Waals surface area contributed by atoms with Crippen LogP contribution in [0.1, 0.15) is 62.4 Å². The molecule has 0 unspecified atom stereocenters. The van der Waals surface area contributed by atoms with Gasteiger partial charge in [0.05, 0.1) is 10.3 Å². The second-order valence-corrected chi connectivity index (χ2v) is 11.8. The fraction of sp³-hybridized carbons (Fsp3) is 0.667. The summed E-state index contributed by atoms with van der Waals surface area (Å²) in [6.07, 6.45) is -1.69. The molecule has 2 rings (SSSR count). The fourth-order valence-corrected chi connectivity index (χ4v) is 4.45. The van der Waals surface area contributed by atoms with Crippen LogP contribution in [0.25, 0.3) is 0 Å². The molecule has 0 heterocycles. The van der Waals surface area contributed by atoms with Gasteiger partial charge in [0.1, 0.15) is 0 Å². The van der Waals surface area contributed by atoms with Gasteiger partial charge in [0, 0.05) is 37.9 Å². The van der Waals surface area contributed by atoms with E-state index in [1.165, 1.54) is 25.1 Å². The molecule has 0 saturated heterocycles. The summed E-state index contributed by atoms with van der Waals surface area (Å²) < 4.78 is 66.3. The lowest BCUT2D eigenvalue weighted by atomic mass is 9.86. The van der Waals surface area contributed by atoms with Crippen LogP contribution in [0.2, 0.25) is 0 Å². The average molecular weight is 464 g/mol. The third kappa shape index (κ3) is 6.83. The lowest BCUT2D eigenvalue weighted by Crippen LogP contribution is -2.46. The lowest BCUT2D eigenvalue weighted by Gasteiger charge is -2.31. The topological polar surface area (TPSA) is 78.5 Å². The van der Waals surface area contributed by atoms with E-state index >= 15 is 0 Å². The molecule has 0 spiro atoms. The molecule has 1 fully saturated rings. The maximum atomic E-state index is 13.3. The first-order valence-corrected chi connectivity index (χ1v) is 11.8. The van der Waals surface area contributed by atoms with E-state index in [4.69, 9.17) is 0 Å². The van der Waals surface area contributed by atoms with Crippen LogP contribution in [-0.2, 0) is 16.2 Å². The van der Waals surface area contributed by atoms with E-state index in [2.05, 4.69) is 10.0 Å². The Morgan fingerprint density at radius 3 is 2.13 bits per heavy atom. The molecular formula is C21H32F3N3O3S. The standard InChI is InChI=1S/C21H32F3N3O3S/c1-20(2,3)31(29,30)26-17-8-6-14(7-9-17)13-25-18-11-15(19(28)27(4)5)10-16(12-18)21(22,23)24/h10-12,14,17,25-26H,6-9,13H2,1-5H3. The van der Waals surface area contributed by atoms with Crippen molar-refractivity contribution in [1.82, 2.24) is 9.62 Å². The molecule has 1 aromatic rings. The zero-order valence-corrected chi connectivity index (χ0v) is 19.5. The number of halogens is 3. The van der Waals surface area contributed by atoms with Crippen molar-refractivity contribution in [2.75, 3.05) is 26.0 Å². The number of rotatable bonds is 6. The molecule has 0 bridgehead atoms. The molecule has 1 amide bonds. The minimum Gasteiger partial charge on any atom is -0.385 e. The minimum atomic E-state index is -4.55. The zero-order chi connectivity index (χ0) is 23.6. The number of anilines is 1. The van der Waals surface area contributed by atoms with Gasteiger partial charge in [-0.15, -0.1) is 0 Å². The van der Waals surface area contributed by atoms with Crippen molar-refractivity contribution >= 4 is 21.6 Å². The lowest BCUT2D eigenvalue weighted by molar-refractivity contribution is -0.137. The molecule has 1 aliphatic carbocycles. The first-order valence-electron chi connectivity index (χ1n) is 10.3. The summed E-state index contributed by atoms with van der Waals surface area (Å²) in [6, 6.07) is 3.18. The van der Waals surface area contributed by atoms with Crippen molar-refractivity contribution in [3.05, 3.63) is 29.3 Å². The molecule has 6 nitrogen and oxygen atoms in total. The quantitative estimate of drug-likeness (QED) is 0.666. The highest BCUT2D eigenvalue weighted by Gasteiger charge is 2.34. The Morgan fingerprint density at radius 2 is 1.65 bits per heavy atom. The smallest absolute Gasteiger partial charge is 0.385 e. The number of nitrogens with zero attached hydrogens (tertiary/aromatic N) is 1. The molecule has 0 atom stereocenters. The van der Waals surface area contributed by atoms with E-state index in [1.807, 2.05) is 0 Å². The monoisotopic (exact) mass is 463 g/mol. The molecule has 0 aromatic heterocycles. The van der Waals surface area contributed by atoms with Crippen LogP contribution in [0.5, 0.6) is 0 Å². The normalized spacial score (nSPS) is 20.4. The van der Waals surface area contributed by atoms with Gasteiger partial charge >= 0.3 is 6.18 Å². The molecule has 0 radical (unpaired) electrons. The van der Waals surface area contributed by atoms with Crippen LogP contribution in [-0.4, -0.2) is 50.7 Å². The van der Waals surface area contributed by atoms with E-state index < -0.39 is 32.4 Å². The Labute approximate surface area is 182 Å². The zero-order valence-electron chi connectivity index (χ0n) is 18.6. The van der Waals surface area contributed by atoms with Crippen LogP contribution in [0.4, 0.5) is 18.9 Å². The summed E-state index contributed by atoms with van der Waals surface area (Å²) in [6.45, 7) is 5.40. The van der Waals surface area contributed by atoms with E-state index in [1.54, 1.807) is 20.8 Å². The van der Waals surface area contributed by atoms with Gasteiger partial charge in [-0.1, -0.05) is 0 Å². The Hall–Kier alpha value is -1.81. The van der Waals surface area contributed by atoms with E-state index in [0.29, 0.717) is 19.4 Å². The van der Waals surface area contributed by atoms with Gasteiger partial charge in [0.15, 0.2) is 0 Å². The van der Waals surface area contributed by atoms with E-state index in [0.717, 1.165) is 25.0 Å². The molecule has 0 aliphatic heterocycles. The molecule has 1 aliphatic rings. The largest absolute Gasteiger partial charge is 0.416 e. The Bertz CT molecular complexity index is 885. The highest BCUT2D eigenvalue weighted by atomic mass is 32.2. The van der Waals surface area contributed by atoms with Crippen molar-refractivity contribution in [2.24, 2.45) is 5.92 Å². The summed E-state index contributed by atoms with van der Waals surface area (Å²) in [5.41, 5.74) is -0.652. The number of amides is 1. The number of sulfonamides is 1. The molecular weight excluding hydrogens is 431 g/mol. The number of nitrogens with one attached hydrogen (secondary N) is 2. The predicted octanol–water partition coefficient (Wildman–Crippen LogP) is 4.10. The second-order valence-electron chi connectivity index (χ2n) is 9.33. The first-order chi connectivity index (χ1) is 14.1. The SMILES string of the molecule is CN(C)C(=O)c1cc(NCC2CCC(NS(=O)(=O)C(C)(C)C)CC2)cc(C(F)(F)F)c1. The third-order valence-electron chi connectivity index (χ3n) is 5.48. The van der Waals surface area contributed by atoms with Crippen LogP contribution in [0.3, 0.4) is 0 Å². The van der Waals surface area contributed by atoms with E-state index in [-0.39, 0.29) is 23.2 Å². The van der Waals surface area contributed by atoms with Crippen molar-refractivity contribution in [3.8, 4) is 0 Å². The van der Waals surface area contributed by atoms with Gasteiger partial charge in [0.25, 0.3) is 5.91 Å². The summed E-state index contributed by atoms with van der Waals surface area (Å²) in [7, 11) is -0.441. The Balaban J connectivity index is 2.01. The van der Waals surface area contributed by atoms with Crippen molar-refractivity contribution in [2.45, 2.75) is 63.4 Å². The van der Waals surface area contributed by atoms with Crippen LogP contribution < -0.4 is 10.0 Å². The number of carbonyl (C=O) groups is 1. The molecule has 1 aromatic carbocycles. The number of hydrogen-bond acceptors (Lipinski definition) is 4. The summed E-state index contributed by atoms with van der Waals surface area (Å²) >= 11 is 0. The Kier molecular flexibility index (Phi) is 7.68. The molecule has 31 heavy (non-hydrogen) atoms. The van der Waals surface area contributed by atoms with Crippen LogP contribution in [0.15, 0.2) is 18.2 Å². The van der Waals surface area contributed by atoms with Crippen LogP contribution in [0, 0.1) is 5.92 Å². The second kappa shape index (κ2) is 9.36. The number of carbonyl (C=O) groups excluding carboxylic acids is 1. The fourth-order valence-electron chi connectivity index (χ4n) is 3.42. The van der Waals surface area contributed by atoms with Crippen molar-refractivity contribution in [3.63, 3.8) is 0 Å². The van der Waals surface area contributed by atoms with Gasteiger partial charge in [-0.25, -0.2) is 13.1 Å². The van der Waals surface area contributed by atoms with Crippen molar-refractivity contribution < 1.29 is 26.4 Å². The minimum absolute atomic E-state index is 0.0254. The maximum Gasteiger partial charge on any atom is 0.416 e. The molecule has 176 valence electrons. The van der Waals surface area contributed by atoms with E-state index in [9.17, 15) is 26.4 Å². The molecule has 2 N–H and O–H groups in total. The Morgan fingerprint density at radius 1 is 1.06 bits per heavy atom. The summed E-state index contributed by atoms with van der Waals surface area (Å²) in [4.78, 5) is 13.4. The number of hydrogen-bond donors (Lipinski definition) is 2. The highest BCUT2D eigenvalue weighted by molar-refractivity contribution is 7.90. The number of alkyl halides is 3. The van der Waals surface area contributed by atoms with Gasteiger partial charge in [0.2, 0.25) is 10.0 Å². The predicted molar refractivity (Wildman–Crippen MR) is 116 cm³/mol. The molecule has 10 heteroatoms. The maximum absolute atomic E-state index is 13.3. The van der Waals surface area contributed by atoms with Crippen molar-refractivity contribution in [1.29, 1.82) is 0 Å². The summed E-state index contributed by atoms with van der Waals surface area (Å²) in [5, 5.41) is 3.04.